The molecule has 3 rings (SSSR count). The minimum atomic E-state index is 0.308. The summed E-state index contributed by atoms with van der Waals surface area (Å²) >= 11 is 0. The summed E-state index contributed by atoms with van der Waals surface area (Å²) in [5.41, 5.74) is 1.57. The molecule has 25 heavy (non-hydrogen) atoms. The highest BCUT2D eigenvalue weighted by atomic mass is 16.5. The fourth-order valence-corrected chi connectivity index (χ4v) is 4.13. The predicted molar refractivity (Wildman–Crippen MR) is 98.0 cm³/mol. The number of carbonyl (C=O) groups excluding carboxylic acids is 1. The third-order valence-electron chi connectivity index (χ3n) is 6.08. The minimum Gasteiger partial charge on any atom is -0.497 e. The van der Waals surface area contributed by atoms with Crippen LogP contribution < -0.4 is 9.47 Å². The Labute approximate surface area is 150 Å². The third-order valence-corrected chi connectivity index (χ3v) is 6.08. The SMILES string of the molecule is COc1ccc(CN2CCC3(CCC(=O)N(C)CC3)CC2)c(OC)c1. The van der Waals surface area contributed by atoms with Crippen molar-refractivity contribution in [2.75, 3.05) is 40.9 Å². The molecule has 0 radical (unpaired) electrons. The number of methoxy groups -OCH3 is 2. The van der Waals surface area contributed by atoms with Crippen LogP contribution in [0.15, 0.2) is 18.2 Å². The average Bonchev–Trinajstić information content (AvgIpc) is 2.78. The first-order valence-electron chi connectivity index (χ1n) is 9.22. The van der Waals surface area contributed by atoms with Gasteiger partial charge in [-0.15, -0.1) is 0 Å². The van der Waals surface area contributed by atoms with E-state index in [1.165, 1.54) is 18.4 Å². The third kappa shape index (κ3) is 4.09. The zero-order valence-electron chi connectivity index (χ0n) is 15.7. The molecule has 1 aromatic carbocycles. The molecule has 0 N–H and O–H groups in total. The normalized spacial score (nSPS) is 21.2. The number of amides is 1. The summed E-state index contributed by atoms with van der Waals surface area (Å²) in [7, 11) is 5.32. The van der Waals surface area contributed by atoms with Crippen LogP contribution in [0.5, 0.6) is 11.5 Å². The van der Waals surface area contributed by atoms with Crippen LogP contribution in [-0.2, 0) is 11.3 Å². The second kappa shape index (κ2) is 7.65. The zero-order chi connectivity index (χ0) is 17.9. The molecule has 2 aliphatic heterocycles. The fraction of sp³-hybridized carbons (Fsp3) is 0.650. The van der Waals surface area contributed by atoms with Gasteiger partial charge in [-0.1, -0.05) is 6.07 Å². The number of carbonyl (C=O) groups is 1. The van der Waals surface area contributed by atoms with Crippen molar-refractivity contribution in [3.63, 3.8) is 0 Å². The van der Waals surface area contributed by atoms with E-state index in [9.17, 15) is 4.79 Å². The second-order valence-corrected chi connectivity index (χ2v) is 7.52. The Morgan fingerprint density at radius 1 is 1.04 bits per heavy atom. The van der Waals surface area contributed by atoms with Gasteiger partial charge in [-0.2, -0.15) is 0 Å². The van der Waals surface area contributed by atoms with Crippen molar-refractivity contribution in [1.29, 1.82) is 0 Å². The Morgan fingerprint density at radius 3 is 2.44 bits per heavy atom. The van der Waals surface area contributed by atoms with Crippen LogP contribution in [0.25, 0.3) is 0 Å². The minimum absolute atomic E-state index is 0.308. The molecule has 0 bridgehead atoms. The van der Waals surface area contributed by atoms with Crippen molar-refractivity contribution in [3.8, 4) is 11.5 Å². The Hall–Kier alpha value is -1.75. The van der Waals surface area contributed by atoms with Gasteiger partial charge in [-0.25, -0.2) is 0 Å². The van der Waals surface area contributed by atoms with E-state index >= 15 is 0 Å². The molecular formula is C20H30N2O3. The molecule has 5 nitrogen and oxygen atoms in total. The Morgan fingerprint density at radius 2 is 1.76 bits per heavy atom. The Balaban J connectivity index is 1.60. The van der Waals surface area contributed by atoms with Gasteiger partial charge in [0.2, 0.25) is 5.91 Å². The first-order chi connectivity index (χ1) is 12.0. The van der Waals surface area contributed by atoms with E-state index in [4.69, 9.17) is 9.47 Å². The lowest BCUT2D eigenvalue weighted by atomic mass is 9.73. The van der Waals surface area contributed by atoms with E-state index in [1.807, 2.05) is 24.1 Å². The van der Waals surface area contributed by atoms with Crippen LogP contribution in [0, 0.1) is 5.41 Å². The molecule has 5 heteroatoms. The molecule has 1 amide bonds. The van der Waals surface area contributed by atoms with Crippen LogP contribution in [0.2, 0.25) is 0 Å². The molecular weight excluding hydrogens is 316 g/mol. The smallest absolute Gasteiger partial charge is 0.222 e. The maximum Gasteiger partial charge on any atom is 0.222 e. The van der Waals surface area contributed by atoms with E-state index < -0.39 is 0 Å². The van der Waals surface area contributed by atoms with Crippen LogP contribution >= 0.6 is 0 Å². The zero-order valence-corrected chi connectivity index (χ0v) is 15.7. The van der Waals surface area contributed by atoms with E-state index in [-0.39, 0.29) is 0 Å². The summed E-state index contributed by atoms with van der Waals surface area (Å²) in [5.74, 6) is 2.02. The van der Waals surface area contributed by atoms with Crippen molar-refractivity contribution >= 4 is 5.91 Å². The van der Waals surface area contributed by atoms with Gasteiger partial charge < -0.3 is 14.4 Å². The monoisotopic (exact) mass is 346 g/mol. The number of hydrogen-bond acceptors (Lipinski definition) is 4. The Kier molecular flexibility index (Phi) is 5.52. The largest absolute Gasteiger partial charge is 0.497 e. The van der Waals surface area contributed by atoms with Crippen molar-refractivity contribution in [3.05, 3.63) is 23.8 Å². The average molecular weight is 346 g/mol. The Bertz CT molecular complexity index is 609. The molecule has 0 atom stereocenters. The molecule has 2 saturated heterocycles. The van der Waals surface area contributed by atoms with Crippen molar-refractivity contribution in [1.82, 2.24) is 9.80 Å². The van der Waals surface area contributed by atoms with Gasteiger partial charge in [0.15, 0.2) is 0 Å². The molecule has 2 aliphatic rings. The van der Waals surface area contributed by atoms with Crippen LogP contribution in [-0.4, -0.2) is 56.6 Å². The summed E-state index contributed by atoms with van der Waals surface area (Å²) in [5, 5.41) is 0. The first-order valence-corrected chi connectivity index (χ1v) is 9.22. The van der Waals surface area contributed by atoms with Crippen LogP contribution in [0.4, 0.5) is 0 Å². The lowest BCUT2D eigenvalue weighted by molar-refractivity contribution is -0.129. The number of piperidine rings is 1. The predicted octanol–water partition coefficient (Wildman–Crippen LogP) is 2.93. The van der Waals surface area contributed by atoms with E-state index in [0.29, 0.717) is 17.7 Å². The summed E-state index contributed by atoms with van der Waals surface area (Å²) in [6, 6.07) is 6.05. The number of nitrogens with zero attached hydrogens (tertiary/aromatic N) is 2. The van der Waals surface area contributed by atoms with E-state index in [0.717, 1.165) is 50.5 Å². The molecule has 1 aromatic rings. The highest BCUT2D eigenvalue weighted by Gasteiger charge is 2.37. The molecule has 138 valence electrons. The molecule has 0 saturated carbocycles. The van der Waals surface area contributed by atoms with Gasteiger partial charge in [0.05, 0.1) is 14.2 Å². The topological polar surface area (TPSA) is 42.0 Å². The molecule has 1 spiro atoms. The van der Waals surface area contributed by atoms with E-state index in [2.05, 4.69) is 11.0 Å². The van der Waals surface area contributed by atoms with Gasteiger partial charge in [0.1, 0.15) is 11.5 Å². The standard InChI is InChI=1S/C20H30N2O3/c1-21-11-8-20(7-6-19(21)23)9-12-22(13-10-20)15-16-4-5-17(24-2)14-18(16)25-3/h4-5,14H,6-13,15H2,1-3H3. The van der Waals surface area contributed by atoms with Crippen molar-refractivity contribution in [2.24, 2.45) is 5.41 Å². The first kappa shape index (κ1) is 18.1. The fourth-order valence-electron chi connectivity index (χ4n) is 4.13. The van der Waals surface area contributed by atoms with Crippen molar-refractivity contribution < 1.29 is 14.3 Å². The number of hydrogen-bond donors (Lipinski definition) is 0. The van der Waals surface area contributed by atoms with Crippen molar-refractivity contribution in [2.45, 2.75) is 38.6 Å². The van der Waals surface area contributed by atoms with Gasteiger partial charge in [-0.05, 0) is 50.3 Å². The number of likely N-dealkylation sites (tertiary alicyclic amines) is 2. The maximum atomic E-state index is 12.0. The van der Waals surface area contributed by atoms with Gasteiger partial charge in [0, 0.05) is 38.2 Å². The quantitative estimate of drug-likeness (QED) is 0.841. The molecule has 0 aromatic heterocycles. The highest BCUT2D eigenvalue weighted by molar-refractivity contribution is 5.76. The maximum absolute atomic E-state index is 12.0. The molecule has 2 heterocycles. The van der Waals surface area contributed by atoms with E-state index in [1.54, 1.807) is 14.2 Å². The molecule has 0 unspecified atom stereocenters. The lowest BCUT2D eigenvalue weighted by Crippen LogP contribution is -2.40. The van der Waals surface area contributed by atoms with Crippen LogP contribution in [0.3, 0.4) is 0 Å². The molecule has 2 fully saturated rings. The molecule has 0 aliphatic carbocycles. The number of ether oxygens (including phenoxy) is 2. The lowest BCUT2D eigenvalue weighted by Gasteiger charge is -2.41. The van der Waals surface area contributed by atoms with Crippen LogP contribution in [0.1, 0.15) is 37.7 Å². The summed E-state index contributed by atoms with van der Waals surface area (Å²) in [4.78, 5) is 16.4. The van der Waals surface area contributed by atoms with Gasteiger partial charge in [-0.3, -0.25) is 9.69 Å². The summed E-state index contributed by atoms with van der Waals surface area (Å²) < 4.78 is 10.8. The number of rotatable bonds is 4. The summed E-state index contributed by atoms with van der Waals surface area (Å²) in [6.45, 7) is 3.99. The summed E-state index contributed by atoms with van der Waals surface area (Å²) in [6.07, 6.45) is 5.28. The van der Waals surface area contributed by atoms with Gasteiger partial charge in [0.25, 0.3) is 0 Å². The number of benzene rings is 1. The highest BCUT2D eigenvalue weighted by Crippen LogP contribution is 2.41. The van der Waals surface area contributed by atoms with Gasteiger partial charge >= 0.3 is 0 Å². The second-order valence-electron chi connectivity index (χ2n) is 7.52.